The van der Waals surface area contributed by atoms with Crippen LogP contribution in [-0.2, 0) is 10.8 Å². The molecule has 0 amide bonds. The van der Waals surface area contributed by atoms with E-state index in [1.165, 1.54) is 0 Å². The van der Waals surface area contributed by atoms with Crippen molar-refractivity contribution in [2.45, 2.75) is 0 Å². The summed E-state index contributed by atoms with van der Waals surface area (Å²) in [4.78, 5) is 10.3. The van der Waals surface area contributed by atoms with E-state index in [1.807, 2.05) is 41.8 Å². The van der Waals surface area contributed by atoms with Crippen LogP contribution in [0.2, 0.25) is 0 Å². The lowest BCUT2D eigenvalue weighted by Gasteiger charge is -2.10. The van der Waals surface area contributed by atoms with Crippen LogP contribution in [0.25, 0.3) is 21.6 Å². The van der Waals surface area contributed by atoms with Gasteiger partial charge in [0.25, 0.3) is 0 Å². The maximum absolute atomic E-state index is 11.6. The van der Waals surface area contributed by atoms with Gasteiger partial charge < -0.3 is 10.4 Å². The molecule has 2 aromatic heterocycles. The van der Waals surface area contributed by atoms with Crippen LogP contribution >= 0.6 is 11.3 Å². The van der Waals surface area contributed by atoms with E-state index in [9.17, 15) is 4.21 Å². The Morgan fingerprint density at radius 1 is 1.13 bits per heavy atom. The number of thiophene rings is 1. The van der Waals surface area contributed by atoms with Gasteiger partial charge in [0.1, 0.15) is 5.82 Å². The summed E-state index contributed by atoms with van der Waals surface area (Å²) in [5.74, 6) is 2.23. The molecule has 0 saturated carbocycles. The van der Waals surface area contributed by atoms with Crippen molar-refractivity contribution >= 4 is 38.9 Å². The fraction of sp³-hybridized carbons (Fsp3) is 0.250. The second kappa shape index (κ2) is 7.63. The summed E-state index contributed by atoms with van der Waals surface area (Å²) in [5.41, 5.74) is 0.880. The number of benzene rings is 1. The molecule has 120 valence electrons. The van der Waals surface area contributed by atoms with E-state index >= 15 is 0 Å². The number of nitrogens with one attached hydrogen (secondary N) is 1. The largest absolute Gasteiger partial charge is 0.395 e. The van der Waals surface area contributed by atoms with E-state index in [4.69, 9.17) is 5.11 Å². The van der Waals surface area contributed by atoms with Crippen molar-refractivity contribution in [3.05, 3.63) is 41.8 Å². The lowest BCUT2D eigenvalue weighted by atomic mass is 10.2. The molecule has 0 bridgehead atoms. The van der Waals surface area contributed by atoms with Crippen molar-refractivity contribution in [1.29, 1.82) is 0 Å². The highest BCUT2D eigenvalue weighted by Gasteiger charge is 2.10. The van der Waals surface area contributed by atoms with Gasteiger partial charge in [0.05, 0.1) is 17.0 Å². The van der Waals surface area contributed by atoms with Crippen molar-refractivity contribution in [3.8, 4) is 10.7 Å². The van der Waals surface area contributed by atoms with Gasteiger partial charge in [0.2, 0.25) is 0 Å². The Morgan fingerprint density at radius 2 is 2.00 bits per heavy atom. The predicted molar refractivity (Wildman–Crippen MR) is 96.3 cm³/mol. The SMILES string of the molecule is O=S(CCO)CCNc1nc(-c2cccs2)nc2ccccc12. The van der Waals surface area contributed by atoms with Crippen molar-refractivity contribution in [1.82, 2.24) is 9.97 Å². The average Bonchev–Trinajstić information content (AvgIpc) is 3.09. The number of para-hydroxylation sites is 1. The maximum Gasteiger partial charge on any atom is 0.172 e. The van der Waals surface area contributed by atoms with Gasteiger partial charge in [0, 0.05) is 34.2 Å². The van der Waals surface area contributed by atoms with Gasteiger partial charge in [-0.1, -0.05) is 18.2 Å². The number of hydrogen-bond acceptors (Lipinski definition) is 6. The van der Waals surface area contributed by atoms with E-state index in [1.54, 1.807) is 11.3 Å². The molecule has 0 aliphatic rings. The molecule has 7 heteroatoms. The minimum Gasteiger partial charge on any atom is -0.395 e. The summed E-state index contributed by atoms with van der Waals surface area (Å²) in [5, 5.41) is 15.0. The highest BCUT2D eigenvalue weighted by molar-refractivity contribution is 7.85. The smallest absolute Gasteiger partial charge is 0.172 e. The topological polar surface area (TPSA) is 75.1 Å². The van der Waals surface area contributed by atoms with E-state index < -0.39 is 10.8 Å². The van der Waals surface area contributed by atoms with Crippen molar-refractivity contribution in [2.24, 2.45) is 0 Å². The van der Waals surface area contributed by atoms with Crippen LogP contribution in [0.3, 0.4) is 0 Å². The molecule has 23 heavy (non-hydrogen) atoms. The Labute approximate surface area is 140 Å². The van der Waals surface area contributed by atoms with E-state index in [0.717, 1.165) is 21.6 Å². The molecule has 3 aromatic rings. The average molecular weight is 347 g/mol. The number of anilines is 1. The molecule has 0 saturated heterocycles. The van der Waals surface area contributed by atoms with Gasteiger partial charge in [-0.2, -0.15) is 0 Å². The molecular formula is C16H17N3O2S2. The Kier molecular flexibility index (Phi) is 5.32. The minimum atomic E-state index is -1.02. The molecule has 0 fully saturated rings. The van der Waals surface area contributed by atoms with Crippen LogP contribution in [0, 0.1) is 0 Å². The number of rotatable bonds is 7. The highest BCUT2D eigenvalue weighted by atomic mass is 32.2. The second-order valence-electron chi connectivity index (χ2n) is 4.89. The zero-order valence-corrected chi connectivity index (χ0v) is 14.1. The number of aliphatic hydroxyl groups is 1. The molecule has 0 radical (unpaired) electrons. The van der Waals surface area contributed by atoms with Gasteiger partial charge >= 0.3 is 0 Å². The second-order valence-corrected chi connectivity index (χ2v) is 7.53. The molecule has 3 rings (SSSR count). The van der Waals surface area contributed by atoms with Crippen LogP contribution < -0.4 is 5.32 Å². The Morgan fingerprint density at radius 3 is 2.78 bits per heavy atom. The molecule has 1 atom stereocenters. The Balaban J connectivity index is 1.87. The van der Waals surface area contributed by atoms with Crippen LogP contribution in [-0.4, -0.2) is 43.9 Å². The van der Waals surface area contributed by atoms with E-state index in [-0.39, 0.29) is 6.61 Å². The number of fused-ring (bicyclic) bond motifs is 1. The van der Waals surface area contributed by atoms with Crippen molar-refractivity contribution in [2.75, 3.05) is 30.0 Å². The first-order valence-electron chi connectivity index (χ1n) is 7.28. The Bertz CT molecular complexity index is 806. The highest BCUT2D eigenvalue weighted by Crippen LogP contribution is 2.27. The fourth-order valence-electron chi connectivity index (χ4n) is 2.21. The van der Waals surface area contributed by atoms with E-state index in [0.29, 0.717) is 23.9 Å². The van der Waals surface area contributed by atoms with Gasteiger partial charge in [-0.25, -0.2) is 9.97 Å². The lowest BCUT2D eigenvalue weighted by molar-refractivity contribution is 0.321. The third-order valence-electron chi connectivity index (χ3n) is 3.29. The minimum absolute atomic E-state index is 0.0500. The summed E-state index contributed by atoms with van der Waals surface area (Å²) in [7, 11) is -1.02. The summed E-state index contributed by atoms with van der Waals surface area (Å²) < 4.78 is 11.6. The van der Waals surface area contributed by atoms with E-state index in [2.05, 4.69) is 15.3 Å². The number of aromatic nitrogens is 2. The standard InChI is InChI=1S/C16H17N3O2S2/c20-8-11-23(21)10-7-17-15-12-4-1-2-5-13(12)18-16(19-15)14-6-3-9-22-14/h1-6,9,20H,7-8,10-11H2,(H,17,18,19). The van der Waals surface area contributed by atoms with Crippen molar-refractivity contribution < 1.29 is 9.32 Å². The van der Waals surface area contributed by atoms with Gasteiger partial charge in [-0.05, 0) is 23.6 Å². The first kappa shape index (κ1) is 16.0. The Hall–Kier alpha value is -1.83. The zero-order valence-electron chi connectivity index (χ0n) is 12.4. The normalized spacial score (nSPS) is 12.4. The predicted octanol–water partition coefficient (Wildman–Crippen LogP) is 2.51. The quantitative estimate of drug-likeness (QED) is 0.687. The molecule has 0 spiro atoms. The molecular weight excluding hydrogens is 330 g/mol. The third-order valence-corrected chi connectivity index (χ3v) is 5.45. The third kappa shape index (κ3) is 3.93. The molecule has 5 nitrogen and oxygen atoms in total. The summed E-state index contributed by atoms with van der Waals surface area (Å²) in [6, 6.07) is 11.8. The summed E-state index contributed by atoms with van der Waals surface area (Å²) in [6.45, 7) is 0.489. The van der Waals surface area contributed by atoms with Crippen LogP contribution in [0.4, 0.5) is 5.82 Å². The fourth-order valence-corrected chi connectivity index (χ4v) is 3.61. The number of aliphatic hydroxyl groups excluding tert-OH is 1. The molecule has 0 aliphatic heterocycles. The summed E-state index contributed by atoms with van der Waals surface area (Å²) >= 11 is 1.60. The number of hydrogen-bond donors (Lipinski definition) is 2. The van der Waals surface area contributed by atoms with Crippen LogP contribution in [0.5, 0.6) is 0 Å². The molecule has 1 aromatic carbocycles. The molecule has 1 unspecified atom stereocenters. The summed E-state index contributed by atoms with van der Waals surface area (Å²) in [6.07, 6.45) is 0. The molecule has 2 heterocycles. The molecule has 0 aliphatic carbocycles. The first-order chi connectivity index (χ1) is 11.3. The van der Waals surface area contributed by atoms with Crippen LogP contribution in [0.1, 0.15) is 0 Å². The first-order valence-corrected chi connectivity index (χ1v) is 9.65. The van der Waals surface area contributed by atoms with Gasteiger partial charge in [0.15, 0.2) is 5.82 Å². The monoisotopic (exact) mass is 347 g/mol. The van der Waals surface area contributed by atoms with Gasteiger partial charge in [-0.3, -0.25) is 4.21 Å². The maximum atomic E-state index is 11.6. The lowest BCUT2D eigenvalue weighted by Crippen LogP contribution is -2.15. The zero-order chi connectivity index (χ0) is 16.1. The van der Waals surface area contributed by atoms with Crippen molar-refractivity contribution in [3.63, 3.8) is 0 Å². The van der Waals surface area contributed by atoms with Gasteiger partial charge in [-0.15, -0.1) is 11.3 Å². The van der Waals surface area contributed by atoms with Crippen LogP contribution in [0.15, 0.2) is 41.8 Å². The molecule has 2 N–H and O–H groups in total. The number of nitrogens with zero attached hydrogens (tertiary/aromatic N) is 2.